The van der Waals surface area contributed by atoms with Crippen LogP contribution in [-0.2, 0) is 30.3 Å². The van der Waals surface area contributed by atoms with Crippen LogP contribution in [0.2, 0.25) is 0 Å². The van der Waals surface area contributed by atoms with Crippen LogP contribution in [-0.4, -0.2) is 20.9 Å². The molecular formula is C44H57IrN2O2S3-. The number of nitrogens with zero attached hydrogens (tertiary/aromatic N) is 2. The van der Waals surface area contributed by atoms with Gasteiger partial charge in [0.25, 0.3) is 0 Å². The number of hydrogen-bond donors (Lipinski definition) is 2. The number of ketones is 1. The molecule has 3 heterocycles. The molecule has 0 aliphatic heterocycles. The third kappa shape index (κ3) is 9.47. The van der Waals surface area contributed by atoms with Crippen LogP contribution in [0.3, 0.4) is 0 Å². The zero-order chi connectivity index (χ0) is 37.9. The molecular weight excluding hydrogens is 877 g/mol. The standard InChI is InChI=1S/C29H29N2S3.C15H28O2.Ir/c1-16(2)11-22(17(3)32)18-7-8-21-24(14-18)34-28-25(21)26(30-15-31-28)20-12-19-9-10-33-27(19)23(13-20)29(4,5)6;1-7-14(5,8-2)12(16)11-13(17)15(6,9-3)10-4;/h7-10,13-16,32H,11H2,1-6H3;11,16H,7-10H2,1-6H3;/q-1;;/b22-17-;12-11-;. The Labute approximate surface area is 339 Å². The van der Waals surface area contributed by atoms with E-state index in [0.717, 1.165) is 63.9 Å². The van der Waals surface area contributed by atoms with Gasteiger partial charge in [-0.05, 0) is 87.9 Å². The Hall–Kier alpha value is -2.35. The first kappa shape index (κ1) is 44.0. The molecule has 2 aromatic carbocycles. The van der Waals surface area contributed by atoms with Gasteiger partial charge in [-0.3, -0.25) is 9.78 Å². The summed E-state index contributed by atoms with van der Waals surface area (Å²) in [6.07, 6.45) is 7.46. The van der Waals surface area contributed by atoms with Crippen molar-refractivity contribution in [3.05, 3.63) is 76.0 Å². The van der Waals surface area contributed by atoms with E-state index in [9.17, 15) is 9.90 Å². The van der Waals surface area contributed by atoms with Crippen LogP contribution in [0.1, 0.15) is 126 Å². The first-order valence-corrected chi connectivity index (χ1v) is 20.5. The van der Waals surface area contributed by atoms with Crippen molar-refractivity contribution in [2.75, 3.05) is 0 Å². The van der Waals surface area contributed by atoms with Crippen molar-refractivity contribution in [2.45, 2.75) is 121 Å². The Bertz CT molecular complexity index is 2070. The molecule has 1 N–H and O–H groups in total. The summed E-state index contributed by atoms with van der Waals surface area (Å²) >= 11 is 8.23. The Morgan fingerprint density at radius 1 is 0.962 bits per heavy atom. The van der Waals surface area contributed by atoms with Gasteiger partial charge in [-0.25, -0.2) is 4.98 Å². The van der Waals surface area contributed by atoms with E-state index in [1.54, 1.807) is 29.0 Å². The monoisotopic (exact) mass is 934 g/mol. The number of hydrogen-bond acceptors (Lipinski definition) is 7. The molecule has 0 fully saturated rings. The predicted molar refractivity (Wildman–Crippen MR) is 227 cm³/mol. The normalized spacial score (nSPS) is 13.3. The van der Waals surface area contributed by atoms with E-state index in [1.807, 2.05) is 41.5 Å². The minimum atomic E-state index is -0.337. The number of aliphatic hydroxyl groups excluding tert-OH is 1. The first-order valence-electron chi connectivity index (χ1n) is 18.4. The molecule has 8 heteroatoms. The van der Waals surface area contributed by atoms with E-state index >= 15 is 0 Å². The zero-order valence-electron chi connectivity index (χ0n) is 33.1. The van der Waals surface area contributed by atoms with Gasteiger partial charge in [-0.2, -0.15) is 11.3 Å². The van der Waals surface area contributed by atoms with Gasteiger partial charge in [-0.1, -0.05) is 99.4 Å². The summed E-state index contributed by atoms with van der Waals surface area (Å²) < 4.78 is 2.55. The Morgan fingerprint density at radius 2 is 1.60 bits per heavy atom. The number of carbonyl (C=O) groups is 1. The molecule has 5 rings (SSSR count). The number of aliphatic hydroxyl groups is 1. The number of thiophene rings is 2. The number of fused-ring (bicyclic) bond motifs is 4. The summed E-state index contributed by atoms with van der Waals surface area (Å²) in [5.74, 6) is 0.862. The maximum absolute atomic E-state index is 12.2. The van der Waals surface area contributed by atoms with Crippen molar-refractivity contribution >= 4 is 77.0 Å². The molecule has 1 radical (unpaired) electrons. The van der Waals surface area contributed by atoms with Crippen molar-refractivity contribution in [1.29, 1.82) is 0 Å². The van der Waals surface area contributed by atoms with Crippen molar-refractivity contribution in [2.24, 2.45) is 16.7 Å². The maximum atomic E-state index is 12.2. The van der Waals surface area contributed by atoms with Gasteiger partial charge < -0.3 is 5.11 Å². The first-order chi connectivity index (χ1) is 23.9. The Kier molecular flexibility index (Phi) is 15.1. The minimum absolute atomic E-state index is 0. The van der Waals surface area contributed by atoms with Crippen molar-refractivity contribution < 1.29 is 30.0 Å². The van der Waals surface area contributed by atoms with E-state index in [4.69, 9.17) is 17.6 Å². The van der Waals surface area contributed by atoms with Gasteiger partial charge in [0.2, 0.25) is 0 Å². The van der Waals surface area contributed by atoms with Crippen LogP contribution in [0.4, 0.5) is 0 Å². The number of aromatic nitrogens is 2. The molecule has 0 bridgehead atoms. The number of rotatable bonds is 11. The van der Waals surface area contributed by atoms with Crippen LogP contribution in [0.5, 0.6) is 0 Å². The molecule has 52 heavy (non-hydrogen) atoms. The third-order valence-corrected chi connectivity index (χ3v) is 13.1. The van der Waals surface area contributed by atoms with E-state index in [2.05, 4.69) is 88.3 Å². The molecule has 0 amide bonds. The zero-order valence-corrected chi connectivity index (χ0v) is 38.0. The van der Waals surface area contributed by atoms with Gasteiger partial charge in [0, 0.05) is 52.8 Å². The van der Waals surface area contributed by atoms with Crippen molar-refractivity contribution in [3.8, 4) is 11.3 Å². The van der Waals surface area contributed by atoms with Gasteiger partial charge in [0.05, 0.1) is 0 Å². The molecule has 0 aliphatic rings. The van der Waals surface area contributed by atoms with Crippen LogP contribution in [0.15, 0.2) is 58.8 Å². The quantitative estimate of drug-likeness (QED) is 0.0599. The van der Waals surface area contributed by atoms with Crippen LogP contribution >= 0.6 is 35.3 Å². The number of carbonyl (C=O) groups excluding carboxylic acids is 1. The van der Waals surface area contributed by atoms with Crippen molar-refractivity contribution in [3.63, 3.8) is 0 Å². The summed E-state index contributed by atoms with van der Waals surface area (Å²) in [6.45, 7) is 25.5. The average molecular weight is 934 g/mol. The van der Waals surface area contributed by atoms with Crippen LogP contribution < -0.4 is 0 Å². The maximum Gasteiger partial charge on any atom is 0.164 e. The molecule has 283 valence electrons. The molecule has 0 atom stereocenters. The fraction of sp³-hybridized carbons (Fsp3) is 0.477. The fourth-order valence-electron chi connectivity index (χ4n) is 6.26. The molecule has 0 spiro atoms. The SMILES string of the molecule is C/C(S)=C(\CC(C)C)c1ccc2c(c1)sc1ncnc(-c3[c-]c4ccsc4c(C(C)(C)C)c3)c12.CCC(C)(CC)C(=O)/C=C(\O)C(C)(CC)CC.[Ir]. The average Bonchev–Trinajstić information content (AvgIpc) is 3.73. The minimum Gasteiger partial charge on any atom is -0.512 e. The number of thiol groups is 1. The molecule has 0 saturated carbocycles. The van der Waals surface area contributed by atoms with Gasteiger partial charge >= 0.3 is 0 Å². The Morgan fingerprint density at radius 3 is 2.15 bits per heavy atom. The molecule has 0 aliphatic carbocycles. The van der Waals surface area contributed by atoms with E-state index < -0.39 is 0 Å². The summed E-state index contributed by atoms with van der Waals surface area (Å²) in [5.41, 5.74) is 5.34. The summed E-state index contributed by atoms with van der Waals surface area (Å²) in [6, 6.07) is 14.9. The van der Waals surface area contributed by atoms with Crippen LogP contribution in [0.25, 0.3) is 47.2 Å². The predicted octanol–water partition coefficient (Wildman–Crippen LogP) is 14.2. The van der Waals surface area contributed by atoms with E-state index in [-0.39, 0.29) is 47.9 Å². The third-order valence-electron chi connectivity index (χ3n) is 10.8. The fourth-order valence-corrected chi connectivity index (χ4v) is 8.64. The smallest absolute Gasteiger partial charge is 0.164 e. The second-order valence-corrected chi connectivity index (χ2v) is 18.4. The largest absolute Gasteiger partial charge is 0.512 e. The number of allylic oxidation sites excluding steroid dienone is 4. The van der Waals surface area contributed by atoms with Gasteiger partial charge in [0.1, 0.15) is 16.9 Å². The molecule has 0 unspecified atom stereocenters. The topological polar surface area (TPSA) is 63.1 Å². The molecule has 0 saturated heterocycles. The summed E-state index contributed by atoms with van der Waals surface area (Å²) in [5, 5.41) is 15.8. The van der Waals surface area contributed by atoms with Gasteiger partial charge in [0.15, 0.2) is 5.78 Å². The number of benzene rings is 2. The second kappa shape index (κ2) is 17.9. The molecule has 3 aromatic heterocycles. The summed E-state index contributed by atoms with van der Waals surface area (Å²) in [7, 11) is 0. The summed E-state index contributed by atoms with van der Waals surface area (Å²) in [4.78, 5) is 23.7. The van der Waals surface area contributed by atoms with E-state index in [0.29, 0.717) is 5.92 Å². The molecule has 5 aromatic rings. The van der Waals surface area contributed by atoms with Crippen molar-refractivity contribution in [1.82, 2.24) is 9.97 Å². The van der Waals surface area contributed by atoms with Gasteiger partial charge in [-0.15, -0.1) is 47.6 Å². The second-order valence-electron chi connectivity index (χ2n) is 15.8. The molecule has 4 nitrogen and oxygen atoms in total. The van der Waals surface area contributed by atoms with Crippen LogP contribution in [0, 0.1) is 22.8 Å². The van der Waals surface area contributed by atoms with E-state index in [1.165, 1.54) is 37.6 Å². The Balaban J connectivity index is 0.000000347.